The van der Waals surface area contributed by atoms with Crippen LogP contribution < -0.4 is 5.73 Å². The molecule has 9 nitrogen and oxygen atoms in total. The van der Waals surface area contributed by atoms with Crippen LogP contribution in [-0.2, 0) is 16.1 Å². The van der Waals surface area contributed by atoms with Crippen LogP contribution in [0.5, 0.6) is 0 Å². The minimum absolute atomic E-state index is 0.0368. The van der Waals surface area contributed by atoms with Gasteiger partial charge in [-0.1, -0.05) is 0 Å². The van der Waals surface area contributed by atoms with Gasteiger partial charge in [-0.3, -0.25) is 0 Å². The standard InChI is InChI=1S/C17H17N3O6/c1-4-23-17(22)12-9(3)26-15-13(12)14(18)19-11(20-15)7-24-16(21)10-6-5-8(2)25-10/h5-6H,4,7H2,1-3H3,(H2,18,19,20). The highest BCUT2D eigenvalue weighted by Gasteiger charge is 2.24. The summed E-state index contributed by atoms with van der Waals surface area (Å²) < 4.78 is 20.8. The number of nitrogen functional groups attached to an aromatic ring is 1. The number of fused-ring (bicyclic) bond motifs is 1. The molecule has 3 rings (SSSR count). The molecule has 0 radical (unpaired) electrons. The van der Waals surface area contributed by atoms with Crippen molar-refractivity contribution < 1.29 is 27.9 Å². The summed E-state index contributed by atoms with van der Waals surface area (Å²) >= 11 is 0. The number of carbonyl (C=O) groups excluding carboxylic acids is 2. The van der Waals surface area contributed by atoms with Gasteiger partial charge in [-0.2, -0.15) is 4.98 Å². The Morgan fingerprint density at radius 1 is 1.12 bits per heavy atom. The largest absolute Gasteiger partial charge is 0.462 e. The number of rotatable bonds is 5. The number of furan rings is 2. The first-order valence-corrected chi connectivity index (χ1v) is 7.86. The molecule has 0 aliphatic heterocycles. The molecule has 0 aliphatic carbocycles. The van der Waals surface area contributed by atoms with Crippen LogP contribution in [0.3, 0.4) is 0 Å². The van der Waals surface area contributed by atoms with Gasteiger partial charge in [0.25, 0.3) is 0 Å². The van der Waals surface area contributed by atoms with E-state index in [9.17, 15) is 9.59 Å². The number of ether oxygens (including phenoxy) is 2. The van der Waals surface area contributed by atoms with E-state index in [0.717, 1.165) is 0 Å². The van der Waals surface area contributed by atoms with E-state index < -0.39 is 11.9 Å². The fraction of sp³-hybridized carbons (Fsp3) is 0.294. The first-order valence-electron chi connectivity index (χ1n) is 7.86. The van der Waals surface area contributed by atoms with Crippen LogP contribution in [0, 0.1) is 13.8 Å². The number of hydrogen-bond donors (Lipinski definition) is 1. The maximum atomic E-state index is 12.1. The third-order valence-corrected chi connectivity index (χ3v) is 3.56. The third kappa shape index (κ3) is 3.23. The molecule has 2 N–H and O–H groups in total. The maximum absolute atomic E-state index is 12.1. The second-order valence-corrected chi connectivity index (χ2v) is 5.45. The van der Waals surface area contributed by atoms with Crippen molar-refractivity contribution in [2.24, 2.45) is 0 Å². The highest BCUT2D eigenvalue weighted by molar-refractivity contribution is 6.07. The lowest BCUT2D eigenvalue weighted by atomic mass is 10.2. The zero-order valence-electron chi connectivity index (χ0n) is 14.5. The van der Waals surface area contributed by atoms with Crippen molar-refractivity contribution in [3.8, 4) is 0 Å². The van der Waals surface area contributed by atoms with Gasteiger partial charge in [-0.05, 0) is 32.9 Å². The Bertz CT molecular complexity index is 988. The van der Waals surface area contributed by atoms with Crippen molar-refractivity contribution in [1.82, 2.24) is 9.97 Å². The summed E-state index contributed by atoms with van der Waals surface area (Å²) in [6.07, 6.45) is 0. The number of nitrogens with two attached hydrogens (primary N) is 1. The number of carbonyl (C=O) groups is 2. The quantitative estimate of drug-likeness (QED) is 0.683. The smallest absolute Gasteiger partial charge is 0.374 e. The Kier molecular flexibility index (Phi) is 4.61. The summed E-state index contributed by atoms with van der Waals surface area (Å²) in [5, 5.41) is 0.276. The van der Waals surface area contributed by atoms with E-state index in [0.29, 0.717) is 11.5 Å². The first-order chi connectivity index (χ1) is 12.4. The molecule has 136 valence electrons. The van der Waals surface area contributed by atoms with Gasteiger partial charge in [0.1, 0.15) is 22.9 Å². The van der Waals surface area contributed by atoms with E-state index in [1.165, 1.54) is 6.07 Å². The first kappa shape index (κ1) is 17.5. The molecule has 0 bridgehead atoms. The van der Waals surface area contributed by atoms with Gasteiger partial charge >= 0.3 is 11.9 Å². The topological polar surface area (TPSA) is 131 Å². The van der Waals surface area contributed by atoms with Crippen LogP contribution in [0.25, 0.3) is 11.1 Å². The van der Waals surface area contributed by atoms with Gasteiger partial charge in [0.05, 0.1) is 12.0 Å². The van der Waals surface area contributed by atoms with Crippen molar-refractivity contribution in [3.63, 3.8) is 0 Å². The zero-order valence-corrected chi connectivity index (χ0v) is 14.5. The molecule has 0 unspecified atom stereocenters. The molecule has 0 saturated carbocycles. The number of hydrogen-bond acceptors (Lipinski definition) is 9. The summed E-state index contributed by atoms with van der Waals surface area (Å²) in [6, 6.07) is 3.16. The molecule has 3 aromatic rings. The van der Waals surface area contributed by atoms with Gasteiger partial charge in [0.15, 0.2) is 12.4 Å². The molecule has 0 amide bonds. The summed E-state index contributed by atoms with van der Waals surface area (Å²) in [6.45, 7) is 5.00. The Morgan fingerprint density at radius 3 is 2.54 bits per heavy atom. The summed E-state index contributed by atoms with van der Waals surface area (Å²) in [5.74, 6) is -0.0497. The Labute approximate surface area is 148 Å². The van der Waals surface area contributed by atoms with Crippen LogP contribution in [0.2, 0.25) is 0 Å². The lowest BCUT2D eigenvalue weighted by Gasteiger charge is -2.04. The Balaban J connectivity index is 1.85. The predicted molar refractivity (Wildman–Crippen MR) is 89.5 cm³/mol. The SMILES string of the molecule is CCOC(=O)c1c(C)oc2nc(COC(=O)c3ccc(C)o3)nc(N)c12. The molecule has 26 heavy (non-hydrogen) atoms. The molecule has 0 aromatic carbocycles. The number of aromatic nitrogens is 2. The summed E-state index contributed by atoms with van der Waals surface area (Å²) in [7, 11) is 0. The predicted octanol–water partition coefficient (Wildman–Crippen LogP) is 2.55. The fourth-order valence-electron chi connectivity index (χ4n) is 2.44. The second kappa shape index (κ2) is 6.87. The molecule has 0 aliphatic rings. The lowest BCUT2D eigenvalue weighted by molar-refractivity contribution is 0.0424. The molecule has 0 saturated heterocycles. The van der Waals surface area contributed by atoms with Crippen molar-refractivity contribution in [2.45, 2.75) is 27.4 Å². The molecule has 9 heteroatoms. The second-order valence-electron chi connectivity index (χ2n) is 5.45. The molecule has 0 spiro atoms. The minimum Gasteiger partial charge on any atom is -0.462 e. The third-order valence-electron chi connectivity index (χ3n) is 3.56. The van der Waals surface area contributed by atoms with Crippen LogP contribution in [-0.4, -0.2) is 28.5 Å². The summed E-state index contributed by atoms with van der Waals surface area (Å²) in [5.41, 5.74) is 6.26. The number of aryl methyl sites for hydroxylation is 2. The monoisotopic (exact) mass is 359 g/mol. The maximum Gasteiger partial charge on any atom is 0.374 e. The normalized spacial score (nSPS) is 10.9. The Morgan fingerprint density at radius 2 is 1.88 bits per heavy atom. The summed E-state index contributed by atoms with van der Waals surface area (Å²) in [4.78, 5) is 32.2. The van der Waals surface area contributed by atoms with Gasteiger partial charge in [0, 0.05) is 0 Å². The van der Waals surface area contributed by atoms with Crippen LogP contribution in [0.1, 0.15) is 45.2 Å². The lowest BCUT2D eigenvalue weighted by Crippen LogP contribution is -2.09. The van der Waals surface area contributed by atoms with Gasteiger partial charge < -0.3 is 24.0 Å². The van der Waals surface area contributed by atoms with Crippen molar-refractivity contribution in [3.05, 3.63) is 40.8 Å². The van der Waals surface area contributed by atoms with E-state index in [2.05, 4.69) is 9.97 Å². The number of anilines is 1. The molecule has 3 aromatic heterocycles. The van der Waals surface area contributed by atoms with Gasteiger partial charge in [-0.15, -0.1) is 0 Å². The van der Waals surface area contributed by atoms with E-state index in [1.807, 2.05) is 0 Å². The van der Waals surface area contributed by atoms with Crippen molar-refractivity contribution >= 4 is 28.9 Å². The number of esters is 2. The average molecular weight is 359 g/mol. The van der Waals surface area contributed by atoms with E-state index in [1.54, 1.807) is 26.8 Å². The molecule has 3 heterocycles. The van der Waals surface area contributed by atoms with Crippen LogP contribution >= 0.6 is 0 Å². The van der Waals surface area contributed by atoms with E-state index in [4.69, 9.17) is 24.0 Å². The van der Waals surface area contributed by atoms with Crippen LogP contribution in [0.15, 0.2) is 21.0 Å². The molecule has 0 fully saturated rings. The average Bonchev–Trinajstić information content (AvgIpc) is 3.16. The molecular weight excluding hydrogens is 342 g/mol. The fourth-order valence-corrected chi connectivity index (χ4v) is 2.44. The van der Waals surface area contributed by atoms with Crippen molar-refractivity contribution in [1.29, 1.82) is 0 Å². The van der Waals surface area contributed by atoms with Crippen molar-refractivity contribution in [2.75, 3.05) is 12.3 Å². The molecule has 0 atom stereocenters. The zero-order chi connectivity index (χ0) is 18.8. The van der Waals surface area contributed by atoms with Gasteiger partial charge in [0.2, 0.25) is 11.5 Å². The van der Waals surface area contributed by atoms with Gasteiger partial charge in [-0.25, -0.2) is 14.6 Å². The van der Waals surface area contributed by atoms with E-state index >= 15 is 0 Å². The Hall–Kier alpha value is -3.36. The highest BCUT2D eigenvalue weighted by Crippen LogP contribution is 2.29. The number of nitrogens with zero attached hydrogens (tertiary/aromatic N) is 2. The van der Waals surface area contributed by atoms with E-state index in [-0.39, 0.29) is 47.3 Å². The minimum atomic E-state index is -0.650. The molecular formula is C17H17N3O6. The van der Waals surface area contributed by atoms with Crippen LogP contribution in [0.4, 0.5) is 5.82 Å². The highest BCUT2D eigenvalue weighted by atomic mass is 16.5.